The number of carboxylic acid groups (broad SMARTS) is 1. The normalized spacial score (nSPS) is 21.8. The minimum Gasteiger partial charge on any atom is -0.744 e. The van der Waals surface area contributed by atoms with Gasteiger partial charge in [0.2, 0.25) is 11.4 Å². The van der Waals surface area contributed by atoms with E-state index in [-0.39, 0.29) is 44.6 Å². The van der Waals surface area contributed by atoms with Crippen LogP contribution in [0.5, 0.6) is 5.75 Å². The van der Waals surface area contributed by atoms with E-state index in [1.54, 1.807) is 24.3 Å². The first-order chi connectivity index (χ1) is 57.0. The highest BCUT2D eigenvalue weighted by atomic mass is 32.2. The zero-order chi connectivity index (χ0) is 87.2. The first-order valence-corrected chi connectivity index (χ1v) is 51.0. The van der Waals surface area contributed by atoms with Crippen LogP contribution in [0.3, 0.4) is 0 Å². The summed E-state index contributed by atoms with van der Waals surface area (Å²) in [7, 11) is -27.5. The van der Waals surface area contributed by atoms with E-state index in [1.807, 2.05) is 87.3 Å². The molecule has 0 fully saturated rings. The Morgan fingerprint density at radius 2 is 0.934 bits per heavy atom. The molecule has 4 unspecified atom stereocenters. The summed E-state index contributed by atoms with van der Waals surface area (Å²) < 4.78 is 225. The molecule has 9 heterocycles. The first kappa shape index (κ1) is 90.5. The number of ketones is 1. The van der Waals surface area contributed by atoms with E-state index in [4.69, 9.17) is 15.1 Å². The van der Waals surface area contributed by atoms with Gasteiger partial charge in [0.1, 0.15) is 60.7 Å². The van der Waals surface area contributed by atoms with Gasteiger partial charge in [-0.05, 0) is 196 Å². The molecule has 35 heteroatoms. The number of anilines is 2. The number of carboxylic acids is 1. The molecule has 4 atom stereocenters. The minimum atomic E-state index is -4.91. The molecular weight excluding hydrogens is 1690 g/mol. The van der Waals surface area contributed by atoms with Crippen molar-refractivity contribution in [1.29, 1.82) is 5.26 Å². The second-order valence-corrected chi connectivity index (χ2v) is 43.3. The molecule has 1 aromatic heterocycles. The third-order valence-corrected chi connectivity index (χ3v) is 31.5. The number of Topliss-reactive ketones (excluding diaryl/α,β-unsaturated/α-hetero) is 1. The highest BCUT2D eigenvalue weighted by molar-refractivity contribution is 7.87. The predicted octanol–water partition coefficient (Wildman–Crippen LogP) is 14.0. The van der Waals surface area contributed by atoms with Gasteiger partial charge in [-0.3, -0.25) is 27.8 Å². The van der Waals surface area contributed by atoms with E-state index in [0.717, 1.165) is 105 Å². The molecule has 0 spiro atoms. The zero-order valence-electron chi connectivity index (χ0n) is 68.1. The van der Waals surface area contributed by atoms with Crippen LogP contribution in [0, 0.1) is 11.3 Å². The average Bonchev–Trinajstić information content (AvgIpc) is 1.56. The highest BCUT2D eigenvalue weighted by Crippen LogP contribution is 2.59. The van der Waals surface area contributed by atoms with Crippen molar-refractivity contribution >= 4 is 128 Å². The van der Waals surface area contributed by atoms with Crippen molar-refractivity contribution in [3.05, 3.63) is 164 Å². The van der Waals surface area contributed by atoms with Gasteiger partial charge >= 0.3 is 5.97 Å². The molecule has 8 aliphatic rings. The fraction of sp³-hybridized carbons (Fsp3) is 0.488. The molecule has 6 aromatic rings. The van der Waals surface area contributed by atoms with E-state index in [9.17, 15) is 87.4 Å². The number of rotatable bonds is 36. The number of aliphatic carboxylic acids is 1. The van der Waals surface area contributed by atoms with Crippen molar-refractivity contribution in [2.45, 2.75) is 242 Å². The molecule has 5 aromatic carbocycles. The van der Waals surface area contributed by atoms with Crippen molar-refractivity contribution < 1.29 is 106 Å². The van der Waals surface area contributed by atoms with Gasteiger partial charge in [0, 0.05) is 113 Å². The van der Waals surface area contributed by atoms with Crippen LogP contribution in [-0.4, -0.2) is 165 Å². The molecule has 0 radical (unpaired) electrons. The molecule has 0 aliphatic carbocycles. The van der Waals surface area contributed by atoms with Crippen molar-refractivity contribution in [2.75, 3.05) is 54.1 Å². The number of nitrogens with zero attached hydrogens (tertiary/aromatic N) is 6. The fourth-order valence-corrected chi connectivity index (χ4v) is 25.3. The summed E-state index contributed by atoms with van der Waals surface area (Å²) in [5.41, 5.74) is 8.60. The summed E-state index contributed by atoms with van der Waals surface area (Å²) in [6.45, 7) is 10.5. The Morgan fingerprint density at radius 3 is 1.36 bits per heavy atom. The summed E-state index contributed by atoms with van der Waals surface area (Å²) in [6, 6.07) is 20.2. The maximum absolute atomic E-state index is 13.1. The summed E-state index contributed by atoms with van der Waals surface area (Å²) in [4.78, 5) is 31.5. The average molecular weight is 1800 g/mol. The molecule has 0 amide bonds. The number of hydrogen-bond donors (Lipinski definition) is 5. The van der Waals surface area contributed by atoms with Crippen LogP contribution in [0.15, 0.2) is 134 Å². The van der Waals surface area contributed by atoms with Gasteiger partial charge < -0.3 is 28.7 Å². The summed E-state index contributed by atoms with van der Waals surface area (Å²) in [6.07, 6.45) is 25.9. The lowest BCUT2D eigenvalue weighted by molar-refractivity contribution is -0.443. The number of fused-ring (bicyclic) bond motifs is 1. The van der Waals surface area contributed by atoms with Gasteiger partial charge in [-0.2, -0.15) is 48.1 Å². The van der Waals surface area contributed by atoms with Crippen molar-refractivity contribution in [3.63, 3.8) is 0 Å². The number of aromatic nitrogens is 1. The number of carbonyl (C=O) groups is 2. The lowest BCUT2D eigenvalue weighted by Crippen LogP contribution is -2.33. The smallest absolute Gasteiger partial charge is 0.303 e. The highest BCUT2D eigenvalue weighted by Gasteiger charge is 2.56. The number of thiazole rings is 1. The number of nitriles is 1. The molecule has 650 valence electrons. The van der Waals surface area contributed by atoms with Gasteiger partial charge in [0.25, 0.3) is 40.5 Å². The largest absolute Gasteiger partial charge is 0.744 e. The quantitative estimate of drug-likeness (QED) is 0.0138. The third-order valence-electron chi connectivity index (χ3n) is 25.5. The van der Waals surface area contributed by atoms with Gasteiger partial charge in [-0.25, -0.2) is 21.8 Å². The monoisotopic (exact) mass is 1790 g/mol. The van der Waals surface area contributed by atoms with Gasteiger partial charge in [0.15, 0.2) is 16.4 Å². The molecule has 0 saturated heterocycles. The number of aryl methyl sites for hydroxylation is 4. The van der Waals surface area contributed by atoms with Crippen LogP contribution in [0.25, 0.3) is 10.2 Å². The Kier molecular flexibility index (Phi) is 26.5. The third kappa shape index (κ3) is 18.9. The van der Waals surface area contributed by atoms with Gasteiger partial charge in [-0.15, -0.1) is 11.3 Å². The van der Waals surface area contributed by atoms with Crippen LogP contribution < -0.4 is 14.5 Å². The predicted molar refractivity (Wildman–Crippen MR) is 456 cm³/mol. The number of allylic oxidation sites excluding steroid dienone is 8. The number of benzene rings is 5. The maximum Gasteiger partial charge on any atom is 0.303 e. The SMILES string of the molecule is CC1(CCCCS(=O)(=O)O)C(=CC=CC2=[N+]3CCCc4ccc(S(=O)(=O)O)c(c43)C2(C)CCCCCC(=O)CCCCOc2ccc3nc(C#N)sc3c2)N2CCCc3ccc(S(=O)(=O)[O-])c1c32.CC1(CCCCS(=O)(=O)O)C(=CC=CC2=[N+]3CCCc4ccc(S(=O)(=O)O)c(c43)C2(C)CCCCCC(=O)O)N2CCCc3ccc(S(=O)(=O)[O-])c1c32. The van der Waals surface area contributed by atoms with Crippen molar-refractivity contribution in [1.82, 2.24) is 4.98 Å². The van der Waals surface area contributed by atoms with Gasteiger partial charge in [-0.1, -0.05) is 74.9 Å². The summed E-state index contributed by atoms with van der Waals surface area (Å²) >= 11 is 1.31. The van der Waals surface area contributed by atoms with Crippen LogP contribution in [-0.2, 0) is 118 Å². The topological polar surface area (TPSA) is 445 Å². The Morgan fingerprint density at radius 1 is 0.521 bits per heavy atom. The van der Waals surface area contributed by atoms with E-state index < -0.39 is 99.8 Å². The van der Waals surface area contributed by atoms with Crippen LogP contribution in [0.4, 0.5) is 22.7 Å². The van der Waals surface area contributed by atoms with E-state index in [1.165, 1.54) is 35.6 Å². The van der Waals surface area contributed by atoms with Crippen molar-refractivity contribution in [2.24, 2.45) is 0 Å². The van der Waals surface area contributed by atoms with Crippen LogP contribution in [0.2, 0.25) is 0 Å². The number of carbonyl (C=O) groups excluding carboxylic acids is 1. The molecule has 121 heavy (non-hydrogen) atoms. The van der Waals surface area contributed by atoms with Crippen LogP contribution in [0.1, 0.15) is 225 Å². The molecule has 8 aliphatic heterocycles. The first-order valence-electron chi connectivity index (χ1n) is 41.2. The number of ether oxygens (including phenoxy) is 1. The van der Waals surface area contributed by atoms with Crippen LogP contribution >= 0.6 is 11.3 Å². The van der Waals surface area contributed by atoms with E-state index in [0.29, 0.717) is 193 Å². The lowest BCUT2D eigenvalue weighted by Gasteiger charge is -2.32. The molecule has 0 saturated carbocycles. The second kappa shape index (κ2) is 35.4. The Bertz CT molecular complexity index is 6160. The number of hydrogen-bond acceptors (Lipinski definition) is 22. The van der Waals surface area contributed by atoms with E-state index >= 15 is 0 Å². The molecule has 0 bridgehead atoms. The minimum absolute atomic E-state index is 0.0223. The summed E-state index contributed by atoms with van der Waals surface area (Å²) in [5, 5.41) is 18.7. The molecule has 5 N–H and O–H groups in total. The fourth-order valence-electron chi connectivity index (χ4n) is 20.1. The van der Waals surface area contributed by atoms with E-state index in [2.05, 4.69) is 25.1 Å². The molecule has 14 rings (SSSR count). The maximum atomic E-state index is 13.1. The van der Waals surface area contributed by atoms with Gasteiger partial charge in [0.05, 0.1) is 60.1 Å². The van der Waals surface area contributed by atoms with Crippen molar-refractivity contribution in [3.8, 4) is 11.8 Å². The summed E-state index contributed by atoms with van der Waals surface area (Å²) in [5.74, 6) is -0.949. The molecule has 28 nitrogen and oxygen atoms in total. The Hall–Kier alpha value is -8.22. The zero-order valence-corrected chi connectivity index (χ0v) is 73.8. The standard InChI is InChI=1S/C49H56N4O11S4.C37H46N2O11S3/c1-48(25-6-3-4-15-35(54)16-5-8-29-64-36-21-22-37-38(31-36)65-43(32-50)51-37)41(52-27-11-13-33-19-23-39(67(58,59)60)44(48)46(33)52)17-10-18-42-49(2,26-7-9-30-66(55,56)57)45-40(68(61,62)63)24-20-34-14-12-28-53(42)47(34)45;1-36(20-5-3-4-15-31(40)41)29(38-22-9-11-25-16-18-27(52(45,46)47)32(36)34(25)38)13-8-14-30-37(2,21-6-7-24-51(42,43)44)33-28(53(48,49)50)19-17-26-12-10-23-39(30)35(26)33/h10,17-24,31H,3-9,11-16,25-30H2,1-2H3,(H2-,55,56,57,58,59,60,61,62,63);8,13-14,16-19H,3-7,9-12,15,20-24H2,1-2H3,(H3-,40,41,42,43,44,45,46,47,48,49,50). The second-order valence-electron chi connectivity index (χ2n) is 33.7. The Balaban J connectivity index is 0.000000215. The number of unbranched alkanes of at least 4 members (excludes halogenated alkanes) is 7. The molecular formula is C86H102N6O22S7. The Labute approximate surface area is 712 Å². The lowest BCUT2D eigenvalue weighted by atomic mass is 9.74.